The molecular weight excluding hydrogens is 177 g/mol. The third kappa shape index (κ3) is 3.88. The van der Waals surface area contributed by atoms with Crippen LogP contribution in [0.2, 0.25) is 0 Å². The molecule has 0 radical (unpaired) electrons. The molecule has 14 heavy (non-hydrogen) atoms. The lowest BCUT2D eigenvalue weighted by Crippen LogP contribution is -2.25. The summed E-state index contributed by atoms with van der Waals surface area (Å²) in [7, 11) is 1.95. The molecular formula is C12H18FN. The number of rotatable bonds is 5. The Morgan fingerprint density at radius 3 is 2.50 bits per heavy atom. The minimum atomic E-state index is -0.705. The van der Waals surface area contributed by atoms with Crippen molar-refractivity contribution in [1.29, 1.82) is 0 Å². The molecule has 0 aliphatic rings. The van der Waals surface area contributed by atoms with Crippen LogP contribution in [0.3, 0.4) is 0 Å². The molecule has 1 unspecified atom stereocenters. The molecule has 1 aromatic carbocycles. The van der Waals surface area contributed by atoms with E-state index >= 15 is 0 Å². The Labute approximate surface area is 85.5 Å². The maximum atomic E-state index is 13.0. The van der Waals surface area contributed by atoms with E-state index < -0.39 is 6.17 Å². The third-order valence-electron chi connectivity index (χ3n) is 2.25. The van der Waals surface area contributed by atoms with Crippen molar-refractivity contribution in [1.82, 2.24) is 4.90 Å². The highest BCUT2D eigenvalue weighted by Gasteiger charge is 2.07. The fourth-order valence-electron chi connectivity index (χ4n) is 1.43. The van der Waals surface area contributed by atoms with Gasteiger partial charge < -0.3 is 0 Å². The first kappa shape index (κ1) is 11.2. The van der Waals surface area contributed by atoms with Gasteiger partial charge in [-0.25, -0.2) is 4.39 Å². The van der Waals surface area contributed by atoms with Crippen molar-refractivity contribution in [3.05, 3.63) is 35.9 Å². The number of nitrogens with zero attached hydrogens (tertiary/aromatic N) is 1. The van der Waals surface area contributed by atoms with Crippen LogP contribution in [0.4, 0.5) is 4.39 Å². The minimum absolute atomic E-state index is 0.519. The van der Waals surface area contributed by atoms with E-state index in [-0.39, 0.29) is 0 Å². The van der Waals surface area contributed by atoms with Crippen molar-refractivity contribution < 1.29 is 4.39 Å². The van der Waals surface area contributed by atoms with Crippen LogP contribution in [0.25, 0.3) is 0 Å². The summed E-state index contributed by atoms with van der Waals surface area (Å²) < 4.78 is 13.0. The third-order valence-corrected chi connectivity index (χ3v) is 2.25. The van der Waals surface area contributed by atoms with E-state index in [1.165, 1.54) is 5.56 Å². The van der Waals surface area contributed by atoms with Crippen molar-refractivity contribution >= 4 is 0 Å². The summed E-state index contributed by atoms with van der Waals surface area (Å²) >= 11 is 0. The molecule has 1 aromatic rings. The van der Waals surface area contributed by atoms with Gasteiger partial charge in [0.05, 0.1) is 0 Å². The molecule has 0 saturated heterocycles. The van der Waals surface area contributed by atoms with Gasteiger partial charge in [0.2, 0.25) is 0 Å². The molecule has 1 rings (SSSR count). The topological polar surface area (TPSA) is 3.24 Å². The van der Waals surface area contributed by atoms with Gasteiger partial charge in [0.15, 0.2) is 0 Å². The average Bonchev–Trinajstić information content (AvgIpc) is 2.19. The van der Waals surface area contributed by atoms with Gasteiger partial charge >= 0.3 is 0 Å². The van der Waals surface area contributed by atoms with Crippen LogP contribution in [0.5, 0.6) is 0 Å². The molecule has 1 atom stereocenters. The first-order valence-electron chi connectivity index (χ1n) is 5.09. The fourth-order valence-corrected chi connectivity index (χ4v) is 1.43. The number of halogens is 1. The zero-order valence-corrected chi connectivity index (χ0v) is 8.91. The van der Waals surface area contributed by atoms with Crippen molar-refractivity contribution in [2.45, 2.75) is 26.1 Å². The van der Waals surface area contributed by atoms with Gasteiger partial charge in [-0.3, -0.25) is 4.90 Å². The van der Waals surface area contributed by atoms with Gasteiger partial charge in [0.1, 0.15) is 6.17 Å². The van der Waals surface area contributed by atoms with Crippen LogP contribution in [0, 0.1) is 0 Å². The molecule has 0 spiro atoms. The lowest BCUT2D eigenvalue weighted by Gasteiger charge is -2.18. The van der Waals surface area contributed by atoms with Crippen LogP contribution in [0.15, 0.2) is 30.3 Å². The van der Waals surface area contributed by atoms with Gasteiger partial charge in [0, 0.05) is 13.1 Å². The molecule has 1 nitrogen and oxygen atoms in total. The van der Waals surface area contributed by atoms with Gasteiger partial charge in [-0.15, -0.1) is 0 Å². The molecule has 0 saturated carbocycles. The van der Waals surface area contributed by atoms with E-state index in [0.29, 0.717) is 13.0 Å². The standard InChI is InChI=1S/C12H18FN/c1-3-12(13)10-14(2)9-11-7-5-4-6-8-11/h4-8,12H,3,9-10H2,1-2H3. The first-order chi connectivity index (χ1) is 6.72. The van der Waals surface area contributed by atoms with E-state index in [0.717, 1.165) is 6.54 Å². The first-order valence-corrected chi connectivity index (χ1v) is 5.09. The predicted molar refractivity (Wildman–Crippen MR) is 58.0 cm³/mol. The lowest BCUT2D eigenvalue weighted by atomic mass is 10.2. The van der Waals surface area contributed by atoms with Crippen LogP contribution in [-0.4, -0.2) is 24.7 Å². The van der Waals surface area contributed by atoms with E-state index in [2.05, 4.69) is 12.1 Å². The van der Waals surface area contributed by atoms with Crippen molar-refractivity contribution in [3.63, 3.8) is 0 Å². The monoisotopic (exact) mass is 195 g/mol. The zero-order chi connectivity index (χ0) is 10.4. The van der Waals surface area contributed by atoms with E-state index in [9.17, 15) is 4.39 Å². The number of hydrogen-bond donors (Lipinski definition) is 0. The molecule has 0 N–H and O–H groups in total. The van der Waals surface area contributed by atoms with Crippen molar-refractivity contribution in [2.24, 2.45) is 0 Å². The lowest BCUT2D eigenvalue weighted by molar-refractivity contribution is 0.211. The highest BCUT2D eigenvalue weighted by Crippen LogP contribution is 2.05. The molecule has 0 aliphatic heterocycles. The Balaban J connectivity index is 2.37. The Hall–Kier alpha value is -0.890. The summed E-state index contributed by atoms with van der Waals surface area (Å²) in [6.07, 6.45) is -0.109. The van der Waals surface area contributed by atoms with Gasteiger partial charge in [-0.1, -0.05) is 37.3 Å². The largest absolute Gasteiger partial charge is 0.299 e. The van der Waals surface area contributed by atoms with Crippen molar-refractivity contribution in [3.8, 4) is 0 Å². The second-order valence-electron chi connectivity index (χ2n) is 3.69. The van der Waals surface area contributed by atoms with Gasteiger partial charge in [0.25, 0.3) is 0 Å². The molecule has 0 bridgehead atoms. The predicted octanol–water partition coefficient (Wildman–Crippen LogP) is 2.87. The second kappa shape index (κ2) is 5.76. The molecule has 78 valence electrons. The van der Waals surface area contributed by atoms with Crippen LogP contribution in [0.1, 0.15) is 18.9 Å². The van der Waals surface area contributed by atoms with E-state index in [1.54, 1.807) is 0 Å². The summed E-state index contributed by atoms with van der Waals surface area (Å²) in [6, 6.07) is 10.1. The summed E-state index contributed by atoms with van der Waals surface area (Å²) in [5.74, 6) is 0. The molecule has 0 fully saturated rings. The Morgan fingerprint density at radius 1 is 1.29 bits per heavy atom. The number of benzene rings is 1. The SMILES string of the molecule is CCC(F)CN(C)Cc1ccccc1. The van der Waals surface area contributed by atoms with Crippen LogP contribution >= 0.6 is 0 Å². The van der Waals surface area contributed by atoms with E-state index in [4.69, 9.17) is 0 Å². The summed E-state index contributed by atoms with van der Waals surface area (Å²) in [5, 5.41) is 0. The maximum absolute atomic E-state index is 13.0. The number of hydrogen-bond acceptors (Lipinski definition) is 1. The van der Waals surface area contributed by atoms with Crippen LogP contribution in [-0.2, 0) is 6.54 Å². The van der Waals surface area contributed by atoms with Gasteiger partial charge in [-0.2, -0.15) is 0 Å². The molecule has 2 heteroatoms. The van der Waals surface area contributed by atoms with Crippen LogP contribution < -0.4 is 0 Å². The number of alkyl halides is 1. The summed E-state index contributed by atoms with van der Waals surface area (Å²) in [6.45, 7) is 3.22. The highest BCUT2D eigenvalue weighted by molar-refractivity contribution is 5.14. The molecule has 0 aliphatic carbocycles. The summed E-state index contributed by atoms with van der Waals surface area (Å²) in [5.41, 5.74) is 1.23. The van der Waals surface area contributed by atoms with Crippen molar-refractivity contribution in [2.75, 3.05) is 13.6 Å². The molecule has 0 aromatic heterocycles. The molecule has 0 amide bonds. The zero-order valence-electron chi connectivity index (χ0n) is 8.91. The Bertz CT molecular complexity index is 248. The fraction of sp³-hybridized carbons (Fsp3) is 0.500. The Kier molecular flexibility index (Phi) is 4.60. The highest BCUT2D eigenvalue weighted by atomic mass is 19.1. The molecule has 0 heterocycles. The minimum Gasteiger partial charge on any atom is -0.299 e. The Morgan fingerprint density at radius 2 is 1.93 bits per heavy atom. The van der Waals surface area contributed by atoms with E-state index in [1.807, 2.05) is 37.1 Å². The maximum Gasteiger partial charge on any atom is 0.112 e. The normalized spacial score (nSPS) is 13.1. The van der Waals surface area contributed by atoms with Gasteiger partial charge in [-0.05, 0) is 19.0 Å². The smallest absolute Gasteiger partial charge is 0.112 e. The average molecular weight is 195 g/mol. The summed E-state index contributed by atoms with van der Waals surface area (Å²) in [4.78, 5) is 2.02. The quantitative estimate of drug-likeness (QED) is 0.698. The second-order valence-corrected chi connectivity index (χ2v) is 3.69.